The molecule has 0 spiro atoms. The van der Waals surface area contributed by atoms with Crippen LogP contribution in [0.15, 0.2) is 58.8 Å². The molecule has 2 heterocycles. The number of nitrogens with one attached hydrogen (secondary N) is 1. The maximum absolute atomic E-state index is 12.3. The Hall–Kier alpha value is -3.39. The van der Waals surface area contributed by atoms with Gasteiger partial charge in [0.1, 0.15) is 18.1 Å². The molecule has 1 saturated heterocycles. The zero-order valence-corrected chi connectivity index (χ0v) is 16.1. The second kappa shape index (κ2) is 9.70. The summed E-state index contributed by atoms with van der Waals surface area (Å²) in [7, 11) is 0. The molecule has 3 rings (SSSR count). The largest absolute Gasteiger partial charge is 0.507 e. The first-order chi connectivity index (χ1) is 14.1. The van der Waals surface area contributed by atoms with Crippen LogP contribution in [0.5, 0.6) is 5.75 Å². The second-order valence-corrected chi connectivity index (χ2v) is 6.75. The van der Waals surface area contributed by atoms with E-state index in [1.165, 1.54) is 11.1 Å². The quantitative estimate of drug-likeness (QED) is 0.400. The molecule has 0 radical (unpaired) electrons. The molecule has 0 aliphatic carbocycles. The molecule has 2 N–H and O–H groups in total. The van der Waals surface area contributed by atoms with Crippen molar-refractivity contribution in [2.75, 3.05) is 26.2 Å². The molecule has 0 unspecified atom stereocenters. The Kier molecular flexibility index (Phi) is 6.80. The summed E-state index contributed by atoms with van der Waals surface area (Å²) in [6.07, 6.45) is 5.22. The number of carbonyl (C=O) groups excluding carboxylic acids is 2. The summed E-state index contributed by atoms with van der Waals surface area (Å²) < 4.78 is 5.30. The van der Waals surface area contributed by atoms with E-state index in [0.29, 0.717) is 31.6 Å². The zero-order chi connectivity index (χ0) is 20.6. The molecule has 1 aromatic heterocycles. The van der Waals surface area contributed by atoms with E-state index in [9.17, 15) is 14.7 Å². The van der Waals surface area contributed by atoms with E-state index >= 15 is 0 Å². The van der Waals surface area contributed by atoms with E-state index in [1.54, 1.807) is 30.5 Å². The molecule has 1 aliphatic rings. The fraction of sp³-hybridized carbons (Fsp3) is 0.286. The maximum Gasteiger partial charge on any atom is 0.259 e. The van der Waals surface area contributed by atoms with E-state index < -0.39 is 5.91 Å². The Balaban J connectivity index is 1.47. The Morgan fingerprint density at radius 2 is 2.17 bits per heavy atom. The van der Waals surface area contributed by atoms with Crippen molar-refractivity contribution in [3.63, 3.8) is 0 Å². The van der Waals surface area contributed by atoms with Crippen molar-refractivity contribution in [2.45, 2.75) is 13.0 Å². The molecule has 2 aromatic rings. The highest BCUT2D eigenvalue weighted by Crippen LogP contribution is 2.21. The van der Waals surface area contributed by atoms with Gasteiger partial charge in [-0.1, -0.05) is 18.2 Å². The predicted octanol–water partition coefficient (Wildman–Crippen LogP) is 1.51. The number of carbonyl (C=O) groups is 2. The van der Waals surface area contributed by atoms with Crippen LogP contribution in [0.2, 0.25) is 0 Å². The first kappa shape index (κ1) is 20.3. The van der Waals surface area contributed by atoms with Crippen molar-refractivity contribution >= 4 is 18.0 Å². The van der Waals surface area contributed by atoms with Crippen LogP contribution in [-0.4, -0.2) is 59.1 Å². The summed E-state index contributed by atoms with van der Waals surface area (Å²) in [5, 5.41) is 14.1. The fourth-order valence-electron chi connectivity index (χ4n) is 3.10. The van der Waals surface area contributed by atoms with Gasteiger partial charge < -0.3 is 14.4 Å². The summed E-state index contributed by atoms with van der Waals surface area (Å²) in [5.74, 6) is 0.402. The van der Waals surface area contributed by atoms with Crippen LogP contribution in [0.3, 0.4) is 0 Å². The summed E-state index contributed by atoms with van der Waals surface area (Å²) in [5.41, 5.74) is 3.62. The number of phenolic OH excluding ortho intramolecular Hbond substituents is 1. The number of nitrogens with zero attached hydrogens (tertiary/aromatic N) is 3. The van der Waals surface area contributed by atoms with E-state index in [-0.39, 0.29) is 24.7 Å². The Bertz CT molecular complexity index is 892. The lowest BCUT2D eigenvalue weighted by molar-refractivity contribution is -0.140. The summed E-state index contributed by atoms with van der Waals surface area (Å²) in [6, 6.07) is 8.97. The first-order valence-electron chi connectivity index (χ1n) is 9.33. The number of hydrogen-bond acceptors (Lipinski definition) is 6. The highest BCUT2D eigenvalue weighted by molar-refractivity contribution is 5.88. The number of amides is 2. The van der Waals surface area contributed by atoms with Crippen LogP contribution in [0.25, 0.3) is 0 Å². The number of rotatable bonds is 8. The molecule has 29 heavy (non-hydrogen) atoms. The minimum atomic E-state index is -0.393. The maximum atomic E-state index is 12.3. The number of para-hydroxylation sites is 1. The molecule has 1 fully saturated rings. The van der Waals surface area contributed by atoms with Crippen LogP contribution in [0.1, 0.15) is 16.9 Å². The SMILES string of the molecule is C=CCc1cccc(/C=N/NC(=O)CN2CCN(Cc3ccco3)CC2=O)c1O. The molecule has 8 heteroatoms. The zero-order valence-electron chi connectivity index (χ0n) is 16.1. The number of furan rings is 1. The first-order valence-corrected chi connectivity index (χ1v) is 9.33. The Labute approximate surface area is 169 Å². The van der Waals surface area contributed by atoms with Gasteiger partial charge in [0, 0.05) is 18.7 Å². The fourth-order valence-corrected chi connectivity index (χ4v) is 3.10. The van der Waals surface area contributed by atoms with Gasteiger partial charge >= 0.3 is 0 Å². The van der Waals surface area contributed by atoms with Crippen molar-refractivity contribution in [1.29, 1.82) is 0 Å². The normalized spacial score (nSPS) is 15.0. The molecule has 1 aromatic carbocycles. The Morgan fingerprint density at radius 3 is 2.90 bits per heavy atom. The van der Waals surface area contributed by atoms with Gasteiger partial charge in [0.05, 0.1) is 25.6 Å². The lowest BCUT2D eigenvalue weighted by atomic mass is 10.1. The minimum absolute atomic E-state index is 0.0623. The van der Waals surface area contributed by atoms with Gasteiger partial charge in [-0.25, -0.2) is 5.43 Å². The van der Waals surface area contributed by atoms with Gasteiger partial charge in [-0.15, -0.1) is 6.58 Å². The van der Waals surface area contributed by atoms with Gasteiger partial charge in [0.15, 0.2) is 0 Å². The third-order valence-corrected chi connectivity index (χ3v) is 4.60. The van der Waals surface area contributed by atoms with Crippen LogP contribution < -0.4 is 5.43 Å². The number of allylic oxidation sites excluding steroid dienone is 1. The minimum Gasteiger partial charge on any atom is -0.507 e. The monoisotopic (exact) mass is 396 g/mol. The van der Waals surface area contributed by atoms with E-state index in [0.717, 1.165) is 11.3 Å². The molecule has 1 aliphatic heterocycles. The van der Waals surface area contributed by atoms with Crippen molar-refractivity contribution in [2.24, 2.45) is 5.10 Å². The highest BCUT2D eigenvalue weighted by Gasteiger charge is 2.25. The third kappa shape index (κ3) is 5.55. The van der Waals surface area contributed by atoms with Crippen molar-refractivity contribution in [3.8, 4) is 5.75 Å². The lowest BCUT2D eigenvalue weighted by Gasteiger charge is -2.33. The molecular weight excluding hydrogens is 372 g/mol. The molecule has 0 saturated carbocycles. The van der Waals surface area contributed by atoms with Crippen molar-refractivity contribution < 1.29 is 19.1 Å². The van der Waals surface area contributed by atoms with Gasteiger partial charge in [0.2, 0.25) is 5.91 Å². The van der Waals surface area contributed by atoms with Gasteiger partial charge in [-0.3, -0.25) is 14.5 Å². The number of aromatic hydroxyl groups is 1. The second-order valence-electron chi connectivity index (χ2n) is 6.75. The summed E-state index contributed by atoms with van der Waals surface area (Å²) in [6.45, 7) is 5.52. The Morgan fingerprint density at radius 1 is 1.31 bits per heavy atom. The lowest BCUT2D eigenvalue weighted by Crippen LogP contribution is -2.52. The summed E-state index contributed by atoms with van der Waals surface area (Å²) >= 11 is 0. The van der Waals surface area contributed by atoms with Gasteiger partial charge in [-0.05, 0) is 30.2 Å². The van der Waals surface area contributed by atoms with Crippen LogP contribution in [0.4, 0.5) is 0 Å². The highest BCUT2D eigenvalue weighted by atomic mass is 16.3. The average Bonchev–Trinajstić information content (AvgIpc) is 3.20. The van der Waals surface area contributed by atoms with Gasteiger partial charge in [-0.2, -0.15) is 5.10 Å². The number of hydrogen-bond donors (Lipinski definition) is 2. The standard InChI is InChI=1S/C21H24N4O4/c1-2-5-16-6-3-7-17(21(16)28)12-22-23-19(26)14-25-10-9-24(15-20(25)27)13-18-8-4-11-29-18/h2-4,6-8,11-12,28H,1,5,9-10,13-15H2,(H,23,26)/b22-12+. The molecule has 2 amide bonds. The number of piperazine rings is 1. The van der Waals surface area contributed by atoms with Crippen LogP contribution >= 0.6 is 0 Å². The molecular formula is C21H24N4O4. The summed E-state index contributed by atoms with van der Waals surface area (Å²) in [4.78, 5) is 27.9. The van der Waals surface area contributed by atoms with E-state index in [4.69, 9.17) is 4.42 Å². The number of phenols is 1. The predicted molar refractivity (Wildman–Crippen MR) is 108 cm³/mol. The number of hydrazone groups is 1. The molecule has 8 nitrogen and oxygen atoms in total. The molecule has 0 atom stereocenters. The van der Waals surface area contributed by atoms with E-state index in [2.05, 4.69) is 17.1 Å². The topological polar surface area (TPSA) is 98.4 Å². The van der Waals surface area contributed by atoms with E-state index in [1.807, 2.05) is 17.0 Å². The van der Waals surface area contributed by atoms with Crippen LogP contribution in [0, 0.1) is 0 Å². The average molecular weight is 396 g/mol. The smallest absolute Gasteiger partial charge is 0.259 e. The van der Waals surface area contributed by atoms with Crippen molar-refractivity contribution in [3.05, 3.63) is 66.1 Å². The molecule has 152 valence electrons. The van der Waals surface area contributed by atoms with Crippen molar-refractivity contribution in [1.82, 2.24) is 15.2 Å². The molecule has 0 bridgehead atoms. The third-order valence-electron chi connectivity index (χ3n) is 4.60. The number of benzene rings is 1. The van der Waals surface area contributed by atoms with Gasteiger partial charge in [0.25, 0.3) is 5.91 Å². The van der Waals surface area contributed by atoms with Crippen LogP contribution in [-0.2, 0) is 22.6 Å².